The van der Waals surface area contributed by atoms with Crippen LogP contribution in [-0.4, -0.2) is 15.6 Å². The van der Waals surface area contributed by atoms with Crippen molar-refractivity contribution in [2.75, 3.05) is 0 Å². The Bertz CT molecular complexity index is 668. The van der Waals surface area contributed by atoms with Crippen LogP contribution in [0, 0.1) is 0 Å². The van der Waals surface area contributed by atoms with Crippen molar-refractivity contribution < 1.29 is 9.90 Å². The number of rotatable bonds is 2. The van der Waals surface area contributed by atoms with Gasteiger partial charge in [0.2, 0.25) is 0 Å². The second-order valence-corrected chi connectivity index (χ2v) is 4.34. The van der Waals surface area contributed by atoms with Crippen molar-refractivity contribution in [3.05, 3.63) is 46.4 Å². The molecule has 0 spiro atoms. The molecule has 4 heteroatoms. The Morgan fingerprint density at radius 2 is 1.88 bits per heavy atom. The van der Waals surface area contributed by atoms with Gasteiger partial charge in [0.05, 0.1) is 5.56 Å². The van der Waals surface area contributed by atoms with E-state index < -0.39 is 5.97 Å². The Kier molecular flexibility index (Phi) is 2.04. The van der Waals surface area contributed by atoms with Crippen LogP contribution in [0.2, 0.25) is 0 Å². The number of pyridine rings is 1. The van der Waals surface area contributed by atoms with Crippen LogP contribution < -0.4 is 5.56 Å². The van der Waals surface area contributed by atoms with Crippen molar-refractivity contribution in [2.24, 2.45) is 0 Å². The molecule has 1 aliphatic carbocycles. The van der Waals surface area contributed by atoms with Crippen LogP contribution in [0.4, 0.5) is 0 Å². The van der Waals surface area contributed by atoms with Gasteiger partial charge in [0.1, 0.15) is 0 Å². The minimum absolute atomic E-state index is 0.0897. The zero-order chi connectivity index (χ0) is 12.0. The Hall–Kier alpha value is -2.10. The van der Waals surface area contributed by atoms with Crippen LogP contribution in [0.3, 0.4) is 0 Å². The minimum Gasteiger partial charge on any atom is -0.478 e. The first-order chi connectivity index (χ1) is 8.18. The molecule has 2 aromatic rings. The molecule has 0 atom stereocenters. The van der Waals surface area contributed by atoms with Gasteiger partial charge < -0.3 is 9.67 Å². The van der Waals surface area contributed by atoms with Gasteiger partial charge in [0.25, 0.3) is 5.56 Å². The van der Waals surface area contributed by atoms with Crippen LogP contribution in [0.15, 0.2) is 35.3 Å². The van der Waals surface area contributed by atoms with E-state index in [4.69, 9.17) is 0 Å². The summed E-state index contributed by atoms with van der Waals surface area (Å²) in [6.07, 6.45) is 3.39. The summed E-state index contributed by atoms with van der Waals surface area (Å²) in [5.74, 6) is -0.990. The van der Waals surface area contributed by atoms with E-state index in [9.17, 15) is 14.7 Å². The monoisotopic (exact) mass is 229 g/mol. The first kappa shape index (κ1) is 10.1. The summed E-state index contributed by atoms with van der Waals surface area (Å²) in [6.45, 7) is 0. The van der Waals surface area contributed by atoms with E-state index >= 15 is 0 Å². The molecule has 4 nitrogen and oxygen atoms in total. The molecule has 0 saturated heterocycles. The Morgan fingerprint density at radius 3 is 2.47 bits per heavy atom. The maximum absolute atomic E-state index is 12.2. The molecule has 17 heavy (non-hydrogen) atoms. The minimum atomic E-state index is -0.990. The van der Waals surface area contributed by atoms with Crippen LogP contribution in [0.1, 0.15) is 29.2 Å². The van der Waals surface area contributed by atoms with E-state index in [1.165, 1.54) is 6.20 Å². The van der Waals surface area contributed by atoms with Crippen molar-refractivity contribution >= 4 is 16.7 Å². The zero-order valence-corrected chi connectivity index (χ0v) is 9.09. The van der Waals surface area contributed by atoms with Gasteiger partial charge >= 0.3 is 5.97 Å². The molecule has 0 aliphatic heterocycles. The summed E-state index contributed by atoms with van der Waals surface area (Å²) in [6, 6.07) is 7.05. The third-order valence-corrected chi connectivity index (χ3v) is 3.12. The Morgan fingerprint density at radius 1 is 1.24 bits per heavy atom. The maximum Gasteiger partial charge on any atom is 0.337 e. The van der Waals surface area contributed by atoms with Gasteiger partial charge in [-0.1, -0.05) is 18.2 Å². The molecule has 1 aliphatic rings. The van der Waals surface area contributed by atoms with E-state index in [-0.39, 0.29) is 17.2 Å². The van der Waals surface area contributed by atoms with Gasteiger partial charge in [-0.15, -0.1) is 0 Å². The molecule has 0 bridgehead atoms. The highest BCUT2D eigenvalue weighted by Gasteiger charge is 2.26. The highest BCUT2D eigenvalue weighted by atomic mass is 16.4. The summed E-state index contributed by atoms with van der Waals surface area (Å²) >= 11 is 0. The maximum atomic E-state index is 12.2. The normalized spacial score (nSPS) is 15.1. The summed E-state index contributed by atoms with van der Waals surface area (Å²) in [5, 5.41) is 10.2. The van der Waals surface area contributed by atoms with E-state index in [1.807, 2.05) is 0 Å². The van der Waals surface area contributed by atoms with Crippen LogP contribution in [-0.2, 0) is 0 Å². The fourth-order valence-electron chi connectivity index (χ4n) is 2.11. The number of aromatic carboxylic acids is 1. The second kappa shape index (κ2) is 3.45. The average Bonchev–Trinajstić information content (AvgIpc) is 3.13. The smallest absolute Gasteiger partial charge is 0.337 e. The van der Waals surface area contributed by atoms with E-state index in [1.54, 1.807) is 28.8 Å². The lowest BCUT2D eigenvalue weighted by Gasteiger charge is -2.08. The number of carbonyl (C=O) groups is 1. The summed E-state index contributed by atoms with van der Waals surface area (Å²) in [7, 11) is 0. The van der Waals surface area contributed by atoms with Crippen molar-refractivity contribution in [3.8, 4) is 0 Å². The lowest BCUT2D eigenvalue weighted by Crippen LogP contribution is -2.21. The second-order valence-electron chi connectivity index (χ2n) is 4.34. The first-order valence-corrected chi connectivity index (χ1v) is 5.55. The van der Waals surface area contributed by atoms with Gasteiger partial charge in [0, 0.05) is 23.0 Å². The molecule has 0 radical (unpaired) electrons. The molecular formula is C13H11NO3. The molecular weight excluding hydrogens is 218 g/mol. The van der Waals surface area contributed by atoms with Crippen molar-refractivity contribution in [2.45, 2.75) is 18.9 Å². The topological polar surface area (TPSA) is 59.3 Å². The fourth-order valence-corrected chi connectivity index (χ4v) is 2.11. The van der Waals surface area contributed by atoms with E-state index in [0.717, 1.165) is 12.8 Å². The average molecular weight is 229 g/mol. The fraction of sp³-hybridized carbons (Fsp3) is 0.231. The Balaban J connectivity index is 2.42. The van der Waals surface area contributed by atoms with E-state index in [0.29, 0.717) is 10.8 Å². The summed E-state index contributed by atoms with van der Waals surface area (Å²) in [4.78, 5) is 23.4. The highest BCUT2D eigenvalue weighted by molar-refractivity contribution is 6.02. The standard InChI is InChI=1S/C13H11NO3/c15-12-10-4-2-1-3-9(10)11(13(16)17)7-14(12)8-5-6-8/h1-4,7-8H,5-6H2,(H,16,17). The van der Waals surface area contributed by atoms with E-state index in [2.05, 4.69) is 0 Å². The molecule has 3 rings (SSSR count). The van der Waals surface area contributed by atoms with Crippen LogP contribution in [0.25, 0.3) is 10.8 Å². The van der Waals surface area contributed by atoms with Gasteiger partial charge in [-0.05, 0) is 18.9 Å². The molecule has 1 saturated carbocycles. The van der Waals surface area contributed by atoms with Gasteiger partial charge in [0.15, 0.2) is 0 Å². The third-order valence-electron chi connectivity index (χ3n) is 3.12. The molecule has 1 heterocycles. The molecule has 1 N–H and O–H groups in total. The SMILES string of the molecule is O=C(O)c1cn(C2CC2)c(=O)c2ccccc12. The number of benzene rings is 1. The summed E-state index contributed by atoms with van der Waals surface area (Å²) < 4.78 is 1.56. The number of fused-ring (bicyclic) bond motifs is 1. The quantitative estimate of drug-likeness (QED) is 0.857. The zero-order valence-electron chi connectivity index (χ0n) is 9.09. The predicted molar refractivity (Wildman–Crippen MR) is 63.4 cm³/mol. The highest BCUT2D eigenvalue weighted by Crippen LogP contribution is 2.34. The first-order valence-electron chi connectivity index (χ1n) is 5.55. The van der Waals surface area contributed by atoms with Crippen molar-refractivity contribution in [3.63, 3.8) is 0 Å². The predicted octanol–water partition coefficient (Wildman–Crippen LogP) is 2.03. The number of aromatic nitrogens is 1. The molecule has 1 fully saturated rings. The number of hydrogen-bond donors (Lipinski definition) is 1. The lowest BCUT2D eigenvalue weighted by molar-refractivity contribution is 0.0698. The Labute approximate surface area is 97.1 Å². The largest absolute Gasteiger partial charge is 0.478 e. The number of carboxylic acid groups (broad SMARTS) is 1. The molecule has 0 unspecified atom stereocenters. The molecule has 86 valence electrons. The van der Waals surface area contributed by atoms with Crippen LogP contribution in [0.5, 0.6) is 0 Å². The third kappa shape index (κ3) is 1.53. The van der Waals surface area contributed by atoms with Gasteiger partial charge in [-0.2, -0.15) is 0 Å². The number of hydrogen-bond acceptors (Lipinski definition) is 2. The number of carboxylic acids is 1. The van der Waals surface area contributed by atoms with Crippen molar-refractivity contribution in [1.82, 2.24) is 4.57 Å². The molecule has 1 aromatic carbocycles. The van der Waals surface area contributed by atoms with Gasteiger partial charge in [-0.25, -0.2) is 4.79 Å². The van der Waals surface area contributed by atoms with Crippen molar-refractivity contribution in [1.29, 1.82) is 0 Å². The molecule has 1 aromatic heterocycles. The number of nitrogens with zero attached hydrogens (tertiary/aromatic N) is 1. The molecule has 0 amide bonds. The summed E-state index contributed by atoms with van der Waals surface area (Å²) in [5.41, 5.74) is 0.111. The lowest BCUT2D eigenvalue weighted by atomic mass is 10.1. The van der Waals surface area contributed by atoms with Gasteiger partial charge in [-0.3, -0.25) is 4.79 Å². The van der Waals surface area contributed by atoms with Crippen LogP contribution >= 0.6 is 0 Å².